The Hall–Kier alpha value is -4.88. The average molecular weight is 563 g/mol. The summed E-state index contributed by atoms with van der Waals surface area (Å²) in [4.78, 5) is 29.7. The number of hydrogen-bond acceptors (Lipinski definition) is 9. The molecule has 0 unspecified atom stereocenters. The van der Waals surface area contributed by atoms with Crippen LogP contribution in [0.4, 0.5) is 11.5 Å². The molecule has 0 radical (unpaired) electrons. The minimum atomic E-state index is -3.60. The van der Waals surface area contributed by atoms with E-state index in [4.69, 9.17) is 9.84 Å². The SMILES string of the molecule is C=CS(=O)(=O)NCc1ncc(C(=O)Nc2cccc([C@H](C)Nc3cncc(-c4ccc([OH2+])c(OC)c4)n3)c2)cn1. The highest BCUT2D eigenvalue weighted by atomic mass is 32.2. The largest absolute Gasteiger partial charge is 0.591 e. The molecule has 13 heteroatoms. The lowest BCUT2D eigenvalue weighted by atomic mass is 10.1. The van der Waals surface area contributed by atoms with E-state index in [0.29, 0.717) is 22.9 Å². The van der Waals surface area contributed by atoms with E-state index in [1.54, 1.807) is 36.7 Å². The molecule has 0 aliphatic rings. The summed E-state index contributed by atoms with van der Waals surface area (Å²) >= 11 is 0. The zero-order valence-corrected chi connectivity index (χ0v) is 22.6. The van der Waals surface area contributed by atoms with Crippen LogP contribution in [0, 0.1) is 0 Å². The number of nitrogens with one attached hydrogen (secondary N) is 3. The predicted octanol–water partition coefficient (Wildman–Crippen LogP) is 3.37. The van der Waals surface area contributed by atoms with E-state index in [0.717, 1.165) is 16.5 Å². The van der Waals surface area contributed by atoms with E-state index < -0.39 is 15.9 Å². The highest BCUT2D eigenvalue weighted by Gasteiger charge is 2.13. The van der Waals surface area contributed by atoms with Gasteiger partial charge in [0.1, 0.15) is 11.6 Å². The molecule has 0 aliphatic carbocycles. The van der Waals surface area contributed by atoms with Crippen LogP contribution in [0.25, 0.3) is 11.3 Å². The number of sulfonamides is 1. The van der Waals surface area contributed by atoms with Gasteiger partial charge in [-0.3, -0.25) is 9.78 Å². The zero-order chi connectivity index (χ0) is 28.7. The molecule has 2 heterocycles. The number of ether oxygens (including phenoxy) is 1. The van der Waals surface area contributed by atoms with Gasteiger partial charge in [0.25, 0.3) is 11.7 Å². The van der Waals surface area contributed by atoms with Gasteiger partial charge in [-0.15, -0.1) is 0 Å². The van der Waals surface area contributed by atoms with Gasteiger partial charge in [-0.1, -0.05) is 18.7 Å². The van der Waals surface area contributed by atoms with Crippen LogP contribution >= 0.6 is 0 Å². The number of benzene rings is 2. The normalized spacial score (nSPS) is 11.8. The Morgan fingerprint density at radius 2 is 1.90 bits per heavy atom. The monoisotopic (exact) mass is 562 g/mol. The molecular formula is C27H28N7O5S+. The van der Waals surface area contributed by atoms with E-state index in [-0.39, 0.29) is 29.7 Å². The first-order valence-corrected chi connectivity index (χ1v) is 13.5. The molecule has 0 saturated heterocycles. The van der Waals surface area contributed by atoms with Crippen molar-refractivity contribution in [1.82, 2.24) is 24.7 Å². The van der Waals surface area contributed by atoms with Crippen molar-refractivity contribution < 1.29 is 23.1 Å². The lowest BCUT2D eigenvalue weighted by molar-refractivity contribution is 0.102. The molecule has 0 bridgehead atoms. The Labute approximate surface area is 231 Å². The summed E-state index contributed by atoms with van der Waals surface area (Å²) in [6.07, 6.45) is 5.91. The third-order valence-corrected chi connectivity index (χ3v) is 6.74. The van der Waals surface area contributed by atoms with E-state index in [1.807, 2.05) is 25.1 Å². The second-order valence-corrected chi connectivity index (χ2v) is 10.3. The molecule has 0 saturated carbocycles. The number of methoxy groups -OCH3 is 1. The van der Waals surface area contributed by atoms with Gasteiger partial charge in [0.15, 0.2) is 0 Å². The summed E-state index contributed by atoms with van der Waals surface area (Å²) < 4.78 is 30.4. The molecular weight excluding hydrogens is 534 g/mol. The molecule has 5 N–H and O–H groups in total. The van der Waals surface area contributed by atoms with Crippen molar-refractivity contribution in [1.29, 1.82) is 0 Å². The van der Waals surface area contributed by atoms with Crippen LogP contribution in [-0.2, 0) is 16.6 Å². The van der Waals surface area contributed by atoms with Crippen molar-refractivity contribution in [2.24, 2.45) is 0 Å². The summed E-state index contributed by atoms with van der Waals surface area (Å²) in [5.74, 6) is 1.09. The first kappa shape index (κ1) is 28.1. The lowest BCUT2D eigenvalue weighted by Crippen LogP contribution is -2.22. The molecule has 1 atom stereocenters. The minimum Gasteiger partial charge on any atom is -0.591 e. The number of amides is 1. The van der Waals surface area contributed by atoms with E-state index in [9.17, 15) is 13.2 Å². The second kappa shape index (κ2) is 12.3. The zero-order valence-electron chi connectivity index (χ0n) is 21.7. The average Bonchev–Trinajstić information content (AvgIpc) is 2.97. The Bertz CT molecular complexity index is 1630. The Morgan fingerprint density at radius 1 is 1.12 bits per heavy atom. The van der Waals surface area contributed by atoms with Crippen LogP contribution < -0.4 is 20.1 Å². The second-order valence-electron chi connectivity index (χ2n) is 8.57. The van der Waals surface area contributed by atoms with Crippen molar-refractivity contribution in [2.45, 2.75) is 19.5 Å². The number of hydrogen-bond donors (Lipinski definition) is 3. The summed E-state index contributed by atoms with van der Waals surface area (Å²) in [5, 5.41) is 14.8. The van der Waals surface area contributed by atoms with Crippen LogP contribution in [0.5, 0.6) is 11.5 Å². The van der Waals surface area contributed by atoms with Gasteiger partial charge in [0.2, 0.25) is 15.8 Å². The standard InChI is InChI=1S/C27H27N7O5S/c1-4-40(37,38)31-16-25-29-12-20(13-30-25)27(36)33-21-7-5-6-18(10-21)17(2)32-26-15-28-14-22(34-26)19-8-9-23(35)24(11-19)39-3/h4-15,17,31,35H,1,16H2,2-3H3,(H,32,34)(H,33,36)/p+1/t17-/m0/s1. The van der Waals surface area contributed by atoms with Gasteiger partial charge in [0.05, 0.1) is 43.3 Å². The quantitative estimate of drug-likeness (QED) is 0.232. The third kappa shape index (κ3) is 7.15. The molecule has 2 aromatic carbocycles. The number of carbonyl (C=O) groups is 1. The van der Waals surface area contributed by atoms with Crippen molar-refractivity contribution in [3.8, 4) is 22.8 Å². The molecule has 0 spiro atoms. The maximum atomic E-state index is 12.7. The number of nitrogens with zero attached hydrogens (tertiary/aromatic N) is 4. The summed E-state index contributed by atoms with van der Waals surface area (Å²) in [6, 6.07) is 12.4. The third-order valence-electron chi connectivity index (χ3n) is 5.76. The molecule has 206 valence electrons. The van der Waals surface area contributed by atoms with Gasteiger partial charge < -0.3 is 20.5 Å². The van der Waals surface area contributed by atoms with Crippen LogP contribution in [0.15, 0.2) is 79.2 Å². The maximum Gasteiger partial charge on any atom is 0.296 e. The van der Waals surface area contributed by atoms with Crippen molar-refractivity contribution in [3.63, 3.8) is 0 Å². The fourth-order valence-electron chi connectivity index (χ4n) is 3.61. The van der Waals surface area contributed by atoms with E-state index in [2.05, 4.69) is 41.9 Å². The van der Waals surface area contributed by atoms with Gasteiger partial charge in [-0.05, 0) is 36.8 Å². The first-order valence-electron chi connectivity index (χ1n) is 12.0. The van der Waals surface area contributed by atoms with Gasteiger partial charge in [-0.25, -0.2) is 28.1 Å². The molecule has 1 amide bonds. The number of rotatable bonds is 11. The van der Waals surface area contributed by atoms with Crippen molar-refractivity contribution in [3.05, 3.63) is 96.2 Å². The van der Waals surface area contributed by atoms with Crippen LogP contribution in [0.1, 0.15) is 34.7 Å². The molecule has 12 nitrogen and oxygen atoms in total. The predicted molar refractivity (Wildman–Crippen MR) is 152 cm³/mol. The van der Waals surface area contributed by atoms with Crippen LogP contribution in [0.2, 0.25) is 0 Å². The minimum absolute atomic E-state index is 0.123. The van der Waals surface area contributed by atoms with Crippen molar-refractivity contribution >= 4 is 27.4 Å². The molecule has 4 rings (SSSR count). The van der Waals surface area contributed by atoms with E-state index in [1.165, 1.54) is 19.5 Å². The maximum absolute atomic E-state index is 12.7. The Morgan fingerprint density at radius 3 is 2.62 bits per heavy atom. The number of anilines is 2. The smallest absolute Gasteiger partial charge is 0.296 e. The van der Waals surface area contributed by atoms with Gasteiger partial charge in [-0.2, -0.15) is 0 Å². The van der Waals surface area contributed by atoms with Crippen LogP contribution in [0.3, 0.4) is 0 Å². The molecule has 4 aromatic rings. The summed E-state index contributed by atoms with van der Waals surface area (Å²) in [7, 11) is -2.09. The Balaban J connectivity index is 1.41. The molecule has 0 aliphatic heterocycles. The highest BCUT2D eigenvalue weighted by molar-refractivity contribution is 7.92. The lowest BCUT2D eigenvalue weighted by Gasteiger charge is -2.16. The summed E-state index contributed by atoms with van der Waals surface area (Å²) in [6.45, 7) is 5.05. The highest BCUT2D eigenvalue weighted by Crippen LogP contribution is 2.31. The van der Waals surface area contributed by atoms with Gasteiger partial charge in [0, 0.05) is 35.1 Å². The van der Waals surface area contributed by atoms with E-state index >= 15 is 0 Å². The molecule has 0 fully saturated rings. The molecule has 40 heavy (non-hydrogen) atoms. The van der Waals surface area contributed by atoms with Gasteiger partial charge >= 0.3 is 0 Å². The topological polar surface area (TPSA) is 171 Å². The fraction of sp³-hybridized carbons (Fsp3) is 0.148. The fourth-order valence-corrected chi connectivity index (χ4v) is 4.05. The summed E-state index contributed by atoms with van der Waals surface area (Å²) in [5.41, 5.74) is 3.08. The molecule has 2 aromatic heterocycles. The van der Waals surface area contributed by atoms with Crippen LogP contribution in [-0.4, -0.2) is 46.5 Å². The first-order chi connectivity index (χ1) is 19.2. The number of carbonyl (C=O) groups excluding carboxylic acids is 1. The Kier molecular flexibility index (Phi) is 8.67. The van der Waals surface area contributed by atoms with Crippen molar-refractivity contribution in [2.75, 3.05) is 17.7 Å². The number of aromatic nitrogens is 4.